The normalized spacial score (nSPS) is 12.1. The molecule has 1 unspecified atom stereocenters. The highest BCUT2D eigenvalue weighted by Gasteiger charge is 2.10. The average Bonchev–Trinajstić information content (AvgIpc) is 2.49. The second-order valence-corrected chi connectivity index (χ2v) is 4.44. The second-order valence-electron chi connectivity index (χ2n) is 4.44. The minimum absolute atomic E-state index is 0.0706. The van der Waals surface area contributed by atoms with E-state index in [0.29, 0.717) is 6.54 Å². The molecule has 104 valence electrons. The average molecular weight is 271 g/mol. The molecule has 0 aliphatic carbocycles. The topological polar surface area (TPSA) is 75.1 Å². The maximum absolute atomic E-state index is 10.9. The number of nitrogens with one attached hydrogen (secondary N) is 1. The number of pyridine rings is 2. The lowest BCUT2D eigenvalue weighted by Crippen LogP contribution is -2.21. The summed E-state index contributed by atoms with van der Waals surface area (Å²) < 4.78 is 0. The number of nitrogens with zero attached hydrogens (tertiary/aromatic N) is 2. The molecule has 2 rings (SSSR count). The molecule has 0 aliphatic heterocycles. The number of rotatable bonds is 6. The fourth-order valence-corrected chi connectivity index (χ4v) is 2.02. The summed E-state index contributed by atoms with van der Waals surface area (Å²) in [5.41, 5.74) is 1.95. The Bertz CT molecular complexity index is 572. The van der Waals surface area contributed by atoms with Crippen molar-refractivity contribution in [3.05, 3.63) is 59.7 Å². The smallest absolute Gasteiger partial charge is 0.354 e. The van der Waals surface area contributed by atoms with Gasteiger partial charge in [0.2, 0.25) is 0 Å². The van der Waals surface area contributed by atoms with E-state index < -0.39 is 5.97 Å². The molecule has 2 N–H and O–H groups in total. The van der Waals surface area contributed by atoms with Gasteiger partial charge in [-0.2, -0.15) is 0 Å². The van der Waals surface area contributed by atoms with E-state index in [1.165, 1.54) is 6.07 Å². The van der Waals surface area contributed by atoms with E-state index in [-0.39, 0.29) is 11.7 Å². The van der Waals surface area contributed by atoms with E-state index >= 15 is 0 Å². The van der Waals surface area contributed by atoms with Gasteiger partial charge in [0.25, 0.3) is 0 Å². The molecule has 5 nitrogen and oxygen atoms in total. The van der Waals surface area contributed by atoms with E-state index in [1.54, 1.807) is 18.5 Å². The molecular formula is C15H17N3O2. The van der Waals surface area contributed by atoms with Gasteiger partial charge in [-0.15, -0.1) is 0 Å². The van der Waals surface area contributed by atoms with Crippen LogP contribution in [0.25, 0.3) is 0 Å². The first-order chi connectivity index (χ1) is 9.70. The zero-order chi connectivity index (χ0) is 14.4. The number of aromatic carboxylic acids is 1. The minimum atomic E-state index is -1.01. The van der Waals surface area contributed by atoms with Gasteiger partial charge < -0.3 is 10.4 Å². The standard InChI is InChI=1S/C15H17N3O2/c1-2-13(11-6-8-16-9-7-11)17-10-12-4-3-5-14(18-12)15(19)20/h3-9,13,17H,2,10H2,1H3,(H,19,20). The zero-order valence-corrected chi connectivity index (χ0v) is 11.3. The molecule has 5 heteroatoms. The van der Waals surface area contributed by atoms with Crippen molar-refractivity contribution in [3.8, 4) is 0 Å². The summed E-state index contributed by atoms with van der Waals surface area (Å²) in [6, 6.07) is 9.17. The highest BCUT2D eigenvalue weighted by atomic mass is 16.4. The molecule has 0 radical (unpaired) electrons. The molecule has 0 saturated heterocycles. The van der Waals surface area contributed by atoms with Crippen molar-refractivity contribution in [2.45, 2.75) is 25.9 Å². The lowest BCUT2D eigenvalue weighted by atomic mass is 10.1. The molecule has 0 amide bonds. The summed E-state index contributed by atoms with van der Waals surface area (Å²) in [4.78, 5) is 19.0. The first kappa shape index (κ1) is 14.1. The van der Waals surface area contributed by atoms with E-state index in [9.17, 15) is 4.79 Å². The molecule has 1 atom stereocenters. The Hall–Kier alpha value is -2.27. The maximum atomic E-state index is 10.9. The van der Waals surface area contributed by atoms with Gasteiger partial charge in [-0.05, 0) is 36.2 Å². The Morgan fingerprint density at radius 1 is 1.30 bits per heavy atom. The van der Waals surface area contributed by atoms with Crippen LogP contribution in [0.5, 0.6) is 0 Å². The molecular weight excluding hydrogens is 254 g/mol. The largest absolute Gasteiger partial charge is 0.477 e. The van der Waals surface area contributed by atoms with Crippen molar-refractivity contribution >= 4 is 5.97 Å². The molecule has 0 bridgehead atoms. The van der Waals surface area contributed by atoms with E-state index in [0.717, 1.165) is 17.7 Å². The van der Waals surface area contributed by atoms with Crippen LogP contribution >= 0.6 is 0 Å². The summed E-state index contributed by atoms with van der Waals surface area (Å²) in [5, 5.41) is 12.3. The summed E-state index contributed by atoms with van der Waals surface area (Å²) in [6.07, 6.45) is 4.47. The Labute approximate surface area is 117 Å². The first-order valence-electron chi connectivity index (χ1n) is 6.53. The molecule has 0 aliphatic rings. The Morgan fingerprint density at radius 2 is 2.05 bits per heavy atom. The van der Waals surface area contributed by atoms with Crippen LogP contribution in [0.2, 0.25) is 0 Å². The summed E-state index contributed by atoms with van der Waals surface area (Å²) in [6.45, 7) is 2.63. The van der Waals surface area contributed by atoms with Crippen LogP contribution < -0.4 is 5.32 Å². The van der Waals surface area contributed by atoms with E-state index in [2.05, 4.69) is 22.2 Å². The van der Waals surface area contributed by atoms with Crippen LogP contribution in [0.4, 0.5) is 0 Å². The first-order valence-corrected chi connectivity index (χ1v) is 6.53. The summed E-state index contributed by atoms with van der Waals surface area (Å²) >= 11 is 0. The van der Waals surface area contributed by atoms with Crippen molar-refractivity contribution < 1.29 is 9.90 Å². The van der Waals surface area contributed by atoms with Gasteiger partial charge in [0.05, 0.1) is 5.69 Å². The Morgan fingerprint density at radius 3 is 2.70 bits per heavy atom. The van der Waals surface area contributed by atoms with Crippen LogP contribution in [0.1, 0.15) is 41.1 Å². The van der Waals surface area contributed by atoms with Crippen LogP contribution in [-0.4, -0.2) is 21.0 Å². The molecule has 2 aromatic heterocycles. The number of aromatic nitrogens is 2. The fourth-order valence-electron chi connectivity index (χ4n) is 2.02. The van der Waals surface area contributed by atoms with Gasteiger partial charge in [0.15, 0.2) is 0 Å². The van der Waals surface area contributed by atoms with Gasteiger partial charge >= 0.3 is 5.97 Å². The molecule has 0 fully saturated rings. The van der Waals surface area contributed by atoms with Gasteiger partial charge in [-0.25, -0.2) is 9.78 Å². The lowest BCUT2D eigenvalue weighted by molar-refractivity contribution is 0.0690. The van der Waals surface area contributed by atoms with Crippen LogP contribution in [0, 0.1) is 0 Å². The van der Waals surface area contributed by atoms with Crippen molar-refractivity contribution in [2.24, 2.45) is 0 Å². The monoisotopic (exact) mass is 271 g/mol. The Balaban J connectivity index is 2.03. The highest BCUT2D eigenvalue weighted by Crippen LogP contribution is 2.15. The zero-order valence-electron chi connectivity index (χ0n) is 11.3. The van der Waals surface area contributed by atoms with E-state index in [4.69, 9.17) is 5.11 Å². The molecule has 0 spiro atoms. The summed E-state index contributed by atoms with van der Waals surface area (Å²) in [5.74, 6) is -1.01. The number of carbonyl (C=O) groups is 1. The Kier molecular flexibility index (Phi) is 4.79. The molecule has 20 heavy (non-hydrogen) atoms. The molecule has 0 aromatic carbocycles. The van der Waals surface area contributed by atoms with Gasteiger partial charge in [0, 0.05) is 25.0 Å². The number of carboxylic acid groups (broad SMARTS) is 1. The number of hydrogen-bond acceptors (Lipinski definition) is 4. The van der Waals surface area contributed by atoms with Crippen molar-refractivity contribution in [1.82, 2.24) is 15.3 Å². The van der Waals surface area contributed by atoms with Crippen LogP contribution in [-0.2, 0) is 6.54 Å². The van der Waals surface area contributed by atoms with E-state index in [1.807, 2.05) is 18.2 Å². The fraction of sp³-hybridized carbons (Fsp3) is 0.267. The summed E-state index contributed by atoms with van der Waals surface area (Å²) in [7, 11) is 0. The highest BCUT2D eigenvalue weighted by molar-refractivity contribution is 5.85. The third kappa shape index (κ3) is 3.61. The predicted octanol–water partition coefficient (Wildman–Crippen LogP) is 2.42. The van der Waals surface area contributed by atoms with Crippen molar-refractivity contribution in [2.75, 3.05) is 0 Å². The van der Waals surface area contributed by atoms with Gasteiger partial charge in [0.1, 0.15) is 5.69 Å². The van der Waals surface area contributed by atoms with Crippen molar-refractivity contribution in [3.63, 3.8) is 0 Å². The predicted molar refractivity (Wildman–Crippen MR) is 75.3 cm³/mol. The van der Waals surface area contributed by atoms with Gasteiger partial charge in [-0.1, -0.05) is 13.0 Å². The van der Waals surface area contributed by atoms with Crippen molar-refractivity contribution in [1.29, 1.82) is 0 Å². The molecule has 2 aromatic rings. The third-order valence-corrected chi connectivity index (χ3v) is 3.07. The quantitative estimate of drug-likeness (QED) is 0.844. The molecule has 2 heterocycles. The molecule has 0 saturated carbocycles. The minimum Gasteiger partial charge on any atom is -0.477 e. The lowest BCUT2D eigenvalue weighted by Gasteiger charge is -2.17. The third-order valence-electron chi connectivity index (χ3n) is 3.07. The SMILES string of the molecule is CCC(NCc1cccc(C(=O)O)n1)c1ccncc1. The van der Waals surface area contributed by atoms with Crippen LogP contribution in [0.15, 0.2) is 42.7 Å². The second kappa shape index (κ2) is 6.77. The van der Waals surface area contributed by atoms with Crippen LogP contribution in [0.3, 0.4) is 0 Å². The number of carboxylic acids is 1. The van der Waals surface area contributed by atoms with Gasteiger partial charge in [-0.3, -0.25) is 4.98 Å². The maximum Gasteiger partial charge on any atom is 0.354 e. The number of hydrogen-bond donors (Lipinski definition) is 2.